The monoisotopic (exact) mass is 272 g/mol. The smallest absolute Gasteiger partial charge is 0.275 e. The van der Waals surface area contributed by atoms with Crippen molar-refractivity contribution in [3.8, 4) is 5.75 Å². The first-order valence-electron chi connectivity index (χ1n) is 6.10. The Morgan fingerprint density at radius 1 is 1.25 bits per heavy atom. The zero-order chi connectivity index (χ0) is 14.5. The predicted molar refractivity (Wildman–Crippen MR) is 77.3 cm³/mol. The quantitative estimate of drug-likeness (QED) is 0.891. The first-order chi connectivity index (χ1) is 9.63. The molecule has 1 heterocycles. The van der Waals surface area contributed by atoms with Gasteiger partial charge in [-0.1, -0.05) is 0 Å². The van der Waals surface area contributed by atoms with Gasteiger partial charge in [0, 0.05) is 12.7 Å². The Kier molecular flexibility index (Phi) is 4.14. The van der Waals surface area contributed by atoms with E-state index in [9.17, 15) is 4.79 Å². The standard InChI is InChI=1S/C14H16N4O2/c1-9-6-10(20-3)4-5-11(9)18-14(19)12-7-17-13(15-2)8-16-12/h4-8H,1-3H3,(H,15,17)(H,18,19). The SMILES string of the molecule is CNc1cnc(C(=O)Nc2ccc(OC)cc2C)cn1. The van der Waals surface area contributed by atoms with Crippen molar-refractivity contribution in [3.63, 3.8) is 0 Å². The molecule has 0 bridgehead atoms. The van der Waals surface area contributed by atoms with Gasteiger partial charge in [-0.3, -0.25) is 4.79 Å². The van der Waals surface area contributed by atoms with Gasteiger partial charge in [0.05, 0.1) is 19.5 Å². The maximum Gasteiger partial charge on any atom is 0.275 e. The summed E-state index contributed by atoms with van der Waals surface area (Å²) in [6.45, 7) is 1.90. The second kappa shape index (κ2) is 6.01. The van der Waals surface area contributed by atoms with Crippen molar-refractivity contribution in [2.45, 2.75) is 6.92 Å². The van der Waals surface area contributed by atoms with Gasteiger partial charge < -0.3 is 15.4 Å². The first kappa shape index (κ1) is 13.8. The number of anilines is 2. The highest BCUT2D eigenvalue weighted by Gasteiger charge is 2.10. The third-order valence-corrected chi connectivity index (χ3v) is 2.82. The number of carbonyl (C=O) groups is 1. The molecule has 0 aliphatic heterocycles. The molecule has 2 N–H and O–H groups in total. The van der Waals surface area contributed by atoms with Crippen LogP contribution in [0.25, 0.3) is 0 Å². The highest BCUT2D eigenvalue weighted by Crippen LogP contribution is 2.21. The molecule has 6 heteroatoms. The summed E-state index contributed by atoms with van der Waals surface area (Å²) in [4.78, 5) is 20.2. The highest BCUT2D eigenvalue weighted by molar-refractivity contribution is 6.03. The van der Waals surface area contributed by atoms with Crippen molar-refractivity contribution < 1.29 is 9.53 Å². The molecular weight excluding hydrogens is 256 g/mol. The Hall–Kier alpha value is -2.63. The van der Waals surface area contributed by atoms with Crippen LogP contribution in [-0.4, -0.2) is 30.0 Å². The molecule has 6 nitrogen and oxygen atoms in total. The fourth-order valence-corrected chi connectivity index (χ4v) is 1.66. The van der Waals surface area contributed by atoms with E-state index in [-0.39, 0.29) is 11.6 Å². The number of rotatable bonds is 4. The summed E-state index contributed by atoms with van der Waals surface area (Å²) in [6.07, 6.45) is 2.94. The summed E-state index contributed by atoms with van der Waals surface area (Å²) >= 11 is 0. The third kappa shape index (κ3) is 3.03. The largest absolute Gasteiger partial charge is 0.497 e. The maximum absolute atomic E-state index is 12.1. The molecule has 2 rings (SSSR count). The minimum atomic E-state index is -0.298. The van der Waals surface area contributed by atoms with Crippen LogP contribution >= 0.6 is 0 Å². The van der Waals surface area contributed by atoms with E-state index in [1.807, 2.05) is 13.0 Å². The molecule has 1 aromatic heterocycles. The summed E-state index contributed by atoms with van der Waals surface area (Å²) in [7, 11) is 3.34. The van der Waals surface area contributed by atoms with Crippen LogP contribution in [0.15, 0.2) is 30.6 Å². The number of ether oxygens (including phenoxy) is 1. The van der Waals surface area contributed by atoms with Crippen LogP contribution < -0.4 is 15.4 Å². The Bertz CT molecular complexity index is 611. The second-order valence-corrected chi connectivity index (χ2v) is 4.17. The van der Waals surface area contributed by atoms with Gasteiger partial charge in [0.2, 0.25) is 0 Å². The topological polar surface area (TPSA) is 76.1 Å². The van der Waals surface area contributed by atoms with Crippen LogP contribution in [0.3, 0.4) is 0 Å². The van der Waals surface area contributed by atoms with Crippen molar-refractivity contribution >= 4 is 17.4 Å². The predicted octanol–water partition coefficient (Wildman–Crippen LogP) is 2.09. The van der Waals surface area contributed by atoms with E-state index in [1.54, 1.807) is 26.3 Å². The average Bonchev–Trinajstić information content (AvgIpc) is 2.49. The summed E-state index contributed by atoms with van der Waals surface area (Å²) in [6, 6.07) is 5.44. The molecule has 0 spiro atoms. The van der Waals surface area contributed by atoms with Crippen molar-refractivity contribution in [2.75, 3.05) is 24.8 Å². The Balaban J connectivity index is 2.14. The molecule has 0 aliphatic carbocycles. The number of amides is 1. The van der Waals surface area contributed by atoms with E-state index < -0.39 is 0 Å². The lowest BCUT2D eigenvalue weighted by molar-refractivity contribution is 0.102. The Labute approximate surface area is 117 Å². The first-order valence-corrected chi connectivity index (χ1v) is 6.10. The second-order valence-electron chi connectivity index (χ2n) is 4.17. The maximum atomic E-state index is 12.1. The minimum Gasteiger partial charge on any atom is -0.497 e. The lowest BCUT2D eigenvalue weighted by Gasteiger charge is -2.09. The van der Waals surface area contributed by atoms with E-state index in [1.165, 1.54) is 12.4 Å². The number of aromatic nitrogens is 2. The van der Waals surface area contributed by atoms with Crippen LogP contribution in [0.1, 0.15) is 16.1 Å². The molecule has 0 saturated heterocycles. The normalized spacial score (nSPS) is 9.95. The van der Waals surface area contributed by atoms with Crippen molar-refractivity contribution in [1.29, 1.82) is 0 Å². The van der Waals surface area contributed by atoms with Crippen molar-refractivity contribution in [2.24, 2.45) is 0 Å². The van der Waals surface area contributed by atoms with E-state index in [0.29, 0.717) is 5.82 Å². The van der Waals surface area contributed by atoms with Crippen molar-refractivity contribution in [1.82, 2.24) is 9.97 Å². The number of hydrogen-bond donors (Lipinski definition) is 2. The van der Waals surface area contributed by atoms with Gasteiger partial charge in [0.1, 0.15) is 17.3 Å². The Morgan fingerprint density at radius 2 is 2.05 bits per heavy atom. The number of nitrogens with one attached hydrogen (secondary N) is 2. The lowest BCUT2D eigenvalue weighted by atomic mass is 10.2. The molecule has 0 radical (unpaired) electrons. The molecule has 104 valence electrons. The van der Waals surface area contributed by atoms with E-state index in [0.717, 1.165) is 17.0 Å². The van der Waals surface area contributed by atoms with Gasteiger partial charge >= 0.3 is 0 Å². The van der Waals surface area contributed by atoms with Crippen molar-refractivity contribution in [3.05, 3.63) is 41.9 Å². The zero-order valence-electron chi connectivity index (χ0n) is 11.6. The number of benzene rings is 1. The van der Waals surface area contributed by atoms with Gasteiger partial charge in [0.15, 0.2) is 0 Å². The number of nitrogens with zero attached hydrogens (tertiary/aromatic N) is 2. The zero-order valence-corrected chi connectivity index (χ0v) is 11.6. The van der Waals surface area contributed by atoms with Crippen LogP contribution in [0.4, 0.5) is 11.5 Å². The molecule has 0 saturated carbocycles. The summed E-state index contributed by atoms with van der Waals surface area (Å²) in [5, 5.41) is 5.64. The minimum absolute atomic E-state index is 0.263. The van der Waals surface area contributed by atoms with Gasteiger partial charge in [-0.15, -0.1) is 0 Å². The summed E-state index contributed by atoms with van der Waals surface area (Å²) < 4.78 is 5.12. The molecule has 0 atom stereocenters. The molecule has 0 unspecified atom stereocenters. The number of methoxy groups -OCH3 is 1. The average molecular weight is 272 g/mol. The van der Waals surface area contributed by atoms with Crippen LogP contribution in [0.2, 0.25) is 0 Å². The van der Waals surface area contributed by atoms with Crippen LogP contribution in [-0.2, 0) is 0 Å². The van der Waals surface area contributed by atoms with Gasteiger partial charge in [0.25, 0.3) is 5.91 Å². The molecule has 20 heavy (non-hydrogen) atoms. The van der Waals surface area contributed by atoms with E-state index in [2.05, 4.69) is 20.6 Å². The molecule has 2 aromatic rings. The highest BCUT2D eigenvalue weighted by atomic mass is 16.5. The fraction of sp³-hybridized carbons (Fsp3) is 0.214. The third-order valence-electron chi connectivity index (χ3n) is 2.82. The summed E-state index contributed by atoms with van der Waals surface area (Å²) in [5.41, 5.74) is 1.90. The van der Waals surface area contributed by atoms with Gasteiger partial charge in [-0.2, -0.15) is 0 Å². The van der Waals surface area contributed by atoms with Crippen LogP contribution in [0.5, 0.6) is 5.75 Å². The van der Waals surface area contributed by atoms with E-state index >= 15 is 0 Å². The molecular formula is C14H16N4O2. The molecule has 1 aromatic carbocycles. The number of carbonyl (C=O) groups excluding carboxylic acids is 1. The van der Waals surface area contributed by atoms with Gasteiger partial charge in [-0.05, 0) is 30.7 Å². The molecule has 1 amide bonds. The fourth-order valence-electron chi connectivity index (χ4n) is 1.66. The molecule has 0 fully saturated rings. The number of hydrogen-bond acceptors (Lipinski definition) is 5. The number of aryl methyl sites for hydroxylation is 1. The van der Waals surface area contributed by atoms with Gasteiger partial charge in [-0.25, -0.2) is 9.97 Å². The molecule has 0 aliphatic rings. The lowest BCUT2D eigenvalue weighted by Crippen LogP contribution is -2.15. The van der Waals surface area contributed by atoms with E-state index in [4.69, 9.17) is 4.74 Å². The summed E-state index contributed by atoms with van der Waals surface area (Å²) in [5.74, 6) is 1.06. The van der Waals surface area contributed by atoms with Crippen LogP contribution in [0, 0.1) is 6.92 Å². The Morgan fingerprint density at radius 3 is 2.60 bits per heavy atom.